The third-order valence-electron chi connectivity index (χ3n) is 3.58. The van der Waals surface area contributed by atoms with Crippen molar-refractivity contribution in [2.24, 2.45) is 23.5 Å². The summed E-state index contributed by atoms with van der Waals surface area (Å²) in [4.78, 5) is 11.7. The summed E-state index contributed by atoms with van der Waals surface area (Å²) < 4.78 is 0. The van der Waals surface area contributed by atoms with Crippen molar-refractivity contribution in [3.63, 3.8) is 0 Å². The van der Waals surface area contributed by atoms with Crippen LogP contribution in [-0.4, -0.2) is 18.5 Å². The van der Waals surface area contributed by atoms with Gasteiger partial charge in [0.15, 0.2) is 0 Å². The lowest BCUT2D eigenvalue weighted by Crippen LogP contribution is -2.45. The van der Waals surface area contributed by atoms with Crippen molar-refractivity contribution in [3.05, 3.63) is 0 Å². The van der Waals surface area contributed by atoms with Gasteiger partial charge in [-0.3, -0.25) is 4.79 Å². The molecule has 1 rings (SSSR count). The molecule has 1 aliphatic carbocycles. The Morgan fingerprint density at radius 3 is 2.53 bits per heavy atom. The Hall–Kier alpha value is -0.570. The molecule has 0 aromatic carbocycles. The molecule has 1 aliphatic rings. The van der Waals surface area contributed by atoms with E-state index in [1.165, 1.54) is 12.8 Å². The normalized spacial score (nSPS) is 21.9. The Labute approximate surface area is 92.8 Å². The quantitative estimate of drug-likeness (QED) is 0.701. The van der Waals surface area contributed by atoms with Crippen LogP contribution in [-0.2, 0) is 4.79 Å². The van der Waals surface area contributed by atoms with Gasteiger partial charge in [0.1, 0.15) is 0 Å². The van der Waals surface area contributed by atoms with E-state index in [4.69, 9.17) is 5.73 Å². The maximum atomic E-state index is 11.7. The van der Waals surface area contributed by atoms with Crippen molar-refractivity contribution in [1.29, 1.82) is 0 Å². The molecular weight excluding hydrogens is 188 g/mol. The second-order valence-electron chi connectivity index (χ2n) is 4.97. The van der Waals surface area contributed by atoms with Crippen LogP contribution in [0.25, 0.3) is 0 Å². The van der Waals surface area contributed by atoms with E-state index in [0.717, 1.165) is 18.9 Å². The van der Waals surface area contributed by atoms with Gasteiger partial charge in [0.05, 0.1) is 6.04 Å². The monoisotopic (exact) mass is 212 g/mol. The SMILES string of the molecule is CCC(C)C(N)C(=O)NCC(C)C1CC1. The second kappa shape index (κ2) is 5.50. The van der Waals surface area contributed by atoms with E-state index in [0.29, 0.717) is 5.92 Å². The van der Waals surface area contributed by atoms with E-state index in [1.807, 2.05) is 6.92 Å². The van der Waals surface area contributed by atoms with Gasteiger partial charge in [0, 0.05) is 6.54 Å². The Morgan fingerprint density at radius 2 is 2.07 bits per heavy atom. The zero-order valence-electron chi connectivity index (χ0n) is 10.1. The van der Waals surface area contributed by atoms with Crippen LogP contribution in [0.1, 0.15) is 40.0 Å². The topological polar surface area (TPSA) is 55.1 Å². The lowest BCUT2D eigenvalue weighted by molar-refractivity contribution is -0.123. The van der Waals surface area contributed by atoms with Crippen molar-refractivity contribution >= 4 is 5.91 Å². The zero-order valence-corrected chi connectivity index (χ0v) is 10.1. The standard InChI is InChI=1S/C12H24N2O/c1-4-8(2)11(13)12(15)14-7-9(3)10-5-6-10/h8-11H,4-7,13H2,1-3H3,(H,14,15). The molecule has 1 saturated carbocycles. The minimum absolute atomic E-state index is 0.0110. The van der Waals surface area contributed by atoms with Crippen molar-refractivity contribution in [2.45, 2.75) is 46.1 Å². The van der Waals surface area contributed by atoms with Crippen molar-refractivity contribution in [1.82, 2.24) is 5.32 Å². The summed E-state index contributed by atoms with van der Waals surface area (Å²) in [6, 6.07) is -0.346. The summed E-state index contributed by atoms with van der Waals surface area (Å²) in [5.74, 6) is 1.72. The summed E-state index contributed by atoms with van der Waals surface area (Å²) in [5.41, 5.74) is 5.84. The molecule has 0 heterocycles. The van der Waals surface area contributed by atoms with Crippen molar-refractivity contribution in [2.75, 3.05) is 6.54 Å². The molecule has 1 amide bonds. The summed E-state index contributed by atoms with van der Waals surface area (Å²) in [7, 11) is 0. The van der Waals surface area contributed by atoms with E-state index >= 15 is 0 Å². The first-order chi connectivity index (χ1) is 7.06. The highest BCUT2D eigenvalue weighted by molar-refractivity contribution is 5.81. The molecule has 3 nitrogen and oxygen atoms in total. The van der Waals surface area contributed by atoms with E-state index in [2.05, 4.69) is 19.2 Å². The molecule has 0 saturated heterocycles. The van der Waals surface area contributed by atoms with Gasteiger partial charge in [0.25, 0.3) is 0 Å². The number of rotatable bonds is 6. The molecule has 0 aliphatic heterocycles. The number of carbonyl (C=O) groups excluding carboxylic acids is 1. The van der Waals surface area contributed by atoms with Gasteiger partial charge in [-0.25, -0.2) is 0 Å². The molecule has 88 valence electrons. The largest absolute Gasteiger partial charge is 0.354 e. The van der Waals surface area contributed by atoms with Crippen LogP contribution >= 0.6 is 0 Å². The van der Waals surface area contributed by atoms with Gasteiger partial charge in [-0.05, 0) is 30.6 Å². The molecule has 3 atom stereocenters. The number of hydrogen-bond donors (Lipinski definition) is 2. The molecule has 3 unspecified atom stereocenters. The molecule has 0 aromatic rings. The first kappa shape index (κ1) is 12.5. The lowest BCUT2D eigenvalue weighted by Gasteiger charge is -2.19. The third-order valence-corrected chi connectivity index (χ3v) is 3.58. The highest BCUT2D eigenvalue weighted by Crippen LogP contribution is 2.36. The van der Waals surface area contributed by atoms with Crippen LogP contribution in [0.3, 0.4) is 0 Å². The molecule has 0 spiro atoms. The van der Waals surface area contributed by atoms with E-state index < -0.39 is 0 Å². The predicted molar refractivity (Wildman–Crippen MR) is 62.3 cm³/mol. The fourth-order valence-corrected chi connectivity index (χ4v) is 1.72. The Bertz CT molecular complexity index is 214. The molecule has 0 radical (unpaired) electrons. The van der Waals surface area contributed by atoms with Gasteiger partial charge in [-0.15, -0.1) is 0 Å². The van der Waals surface area contributed by atoms with Gasteiger partial charge in [-0.2, -0.15) is 0 Å². The van der Waals surface area contributed by atoms with E-state index in [-0.39, 0.29) is 17.9 Å². The number of nitrogens with two attached hydrogens (primary N) is 1. The predicted octanol–water partition coefficient (Wildman–Crippen LogP) is 1.52. The molecular formula is C12H24N2O. The second-order valence-corrected chi connectivity index (χ2v) is 4.97. The van der Waals surface area contributed by atoms with Crippen LogP contribution in [0.4, 0.5) is 0 Å². The summed E-state index contributed by atoms with van der Waals surface area (Å²) >= 11 is 0. The molecule has 15 heavy (non-hydrogen) atoms. The van der Waals surface area contributed by atoms with Gasteiger partial charge >= 0.3 is 0 Å². The van der Waals surface area contributed by atoms with E-state index in [9.17, 15) is 4.79 Å². The Morgan fingerprint density at radius 1 is 1.47 bits per heavy atom. The van der Waals surface area contributed by atoms with Crippen LogP contribution in [0.2, 0.25) is 0 Å². The maximum Gasteiger partial charge on any atom is 0.237 e. The first-order valence-corrected chi connectivity index (χ1v) is 6.09. The minimum atomic E-state index is -0.346. The summed E-state index contributed by atoms with van der Waals surface area (Å²) in [5, 5.41) is 2.95. The first-order valence-electron chi connectivity index (χ1n) is 6.09. The van der Waals surface area contributed by atoms with Crippen LogP contribution in [0.5, 0.6) is 0 Å². The smallest absolute Gasteiger partial charge is 0.237 e. The van der Waals surface area contributed by atoms with Crippen LogP contribution in [0.15, 0.2) is 0 Å². The minimum Gasteiger partial charge on any atom is -0.354 e. The molecule has 3 N–H and O–H groups in total. The summed E-state index contributed by atoms with van der Waals surface area (Å²) in [6.07, 6.45) is 3.61. The average molecular weight is 212 g/mol. The number of hydrogen-bond acceptors (Lipinski definition) is 2. The maximum absolute atomic E-state index is 11.7. The van der Waals surface area contributed by atoms with Crippen molar-refractivity contribution in [3.8, 4) is 0 Å². The van der Waals surface area contributed by atoms with Gasteiger partial charge in [0.2, 0.25) is 5.91 Å². The third kappa shape index (κ3) is 3.82. The average Bonchev–Trinajstić information content (AvgIpc) is 3.06. The summed E-state index contributed by atoms with van der Waals surface area (Å²) in [6.45, 7) is 7.07. The fraction of sp³-hybridized carbons (Fsp3) is 0.917. The van der Waals surface area contributed by atoms with Crippen LogP contribution in [0, 0.1) is 17.8 Å². The van der Waals surface area contributed by atoms with E-state index in [1.54, 1.807) is 0 Å². The van der Waals surface area contributed by atoms with Crippen molar-refractivity contribution < 1.29 is 4.79 Å². The van der Waals surface area contributed by atoms with Gasteiger partial charge in [-0.1, -0.05) is 27.2 Å². The molecule has 1 fully saturated rings. The van der Waals surface area contributed by atoms with Crippen LogP contribution < -0.4 is 11.1 Å². The zero-order chi connectivity index (χ0) is 11.4. The Kier molecular flexibility index (Phi) is 4.58. The number of carbonyl (C=O) groups is 1. The molecule has 0 bridgehead atoms. The van der Waals surface area contributed by atoms with Gasteiger partial charge < -0.3 is 11.1 Å². The fourth-order valence-electron chi connectivity index (χ4n) is 1.72. The highest BCUT2D eigenvalue weighted by atomic mass is 16.2. The number of nitrogens with one attached hydrogen (secondary N) is 1. The molecule has 0 aromatic heterocycles. The lowest BCUT2D eigenvalue weighted by atomic mass is 9.99. The highest BCUT2D eigenvalue weighted by Gasteiger charge is 2.28. The molecule has 3 heteroatoms. The number of amides is 1. The Balaban J connectivity index is 2.22.